The number of carbonyl (C=O) groups excluding carboxylic acids is 1. The second kappa shape index (κ2) is 10.2. The van der Waals surface area contributed by atoms with Crippen LogP contribution < -0.4 is 4.90 Å². The third-order valence-electron chi connectivity index (χ3n) is 6.23. The van der Waals surface area contributed by atoms with Gasteiger partial charge in [0, 0.05) is 25.3 Å². The second-order valence-corrected chi connectivity index (χ2v) is 9.16. The number of hydrogen-bond acceptors (Lipinski definition) is 4. The number of aromatic nitrogens is 1. The van der Waals surface area contributed by atoms with Gasteiger partial charge in [-0.25, -0.2) is 4.98 Å². The SMILES string of the molecule is CSc1cccc(C2(N(C(=O)C(F)(F)F)c3ccccc3)CCN(Cc3ccccc3)CC2)n1. The number of alkyl halides is 3. The van der Waals surface area contributed by atoms with Crippen LogP contribution in [0, 0.1) is 0 Å². The average Bonchev–Trinajstić information content (AvgIpc) is 2.86. The first-order chi connectivity index (χ1) is 16.3. The topological polar surface area (TPSA) is 36.4 Å². The Morgan fingerprint density at radius 1 is 0.971 bits per heavy atom. The first kappa shape index (κ1) is 24.3. The van der Waals surface area contributed by atoms with Crippen LogP contribution in [-0.2, 0) is 16.9 Å². The Balaban J connectivity index is 1.76. The van der Waals surface area contributed by atoms with Crippen LogP contribution in [0.25, 0.3) is 0 Å². The van der Waals surface area contributed by atoms with E-state index in [1.807, 2.05) is 42.7 Å². The lowest BCUT2D eigenvalue weighted by Gasteiger charge is -2.48. The van der Waals surface area contributed by atoms with Crippen molar-refractivity contribution in [1.29, 1.82) is 0 Å². The number of amides is 1. The highest BCUT2D eigenvalue weighted by Gasteiger charge is 2.53. The largest absolute Gasteiger partial charge is 0.471 e. The lowest BCUT2D eigenvalue weighted by molar-refractivity contribution is -0.172. The highest BCUT2D eigenvalue weighted by atomic mass is 32.2. The summed E-state index contributed by atoms with van der Waals surface area (Å²) < 4.78 is 41.7. The number of carbonyl (C=O) groups is 1. The Hall–Kier alpha value is -2.84. The zero-order valence-electron chi connectivity index (χ0n) is 18.8. The molecule has 1 fully saturated rings. The van der Waals surface area contributed by atoms with Crippen LogP contribution in [-0.4, -0.2) is 41.3 Å². The van der Waals surface area contributed by atoms with Gasteiger partial charge in [0.05, 0.1) is 16.3 Å². The minimum atomic E-state index is -5.01. The number of piperidine rings is 1. The molecule has 0 aliphatic carbocycles. The first-order valence-electron chi connectivity index (χ1n) is 11.1. The van der Waals surface area contributed by atoms with Gasteiger partial charge in [-0.15, -0.1) is 11.8 Å². The Morgan fingerprint density at radius 2 is 1.59 bits per heavy atom. The van der Waals surface area contributed by atoms with E-state index in [0.29, 0.717) is 43.2 Å². The molecule has 0 radical (unpaired) electrons. The van der Waals surface area contributed by atoms with Crippen LogP contribution in [0.4, 0.5) is 18.9 Å². The molecule has 2 heterocycles. The van der Waals surface area contributed by atoms with E-state index < -0.39 is 17.6 Å². The quantitative estimate of drug-likeness (QED) is 0.408. The van der Waals surface area contributed by atoms with E-state index in [0.717, 1.165) is 10.5 Å². The van der Waals surface area contributed by atoms with Crippen LogP contribution in [0.3, 0.4) is 0 Å². The summed E-state index contributed by atoms with van der Waals surface area (Å²) in [7, 11) is 0. The zero-order chi connectivity index (χ0) is 24.2. The number of benzene rings is 2. The summed E-state index contributed by atoms with van der Waals surface area (Å²) in [5.74, 6) is -1.87. The molecule has 1 saturated heterocycles. The molecule has 178 valence electrons. The maximum atomic E-state index is 13.9. The molecule has 8 heteroatoms. The molecule has 1 amide bonds. The van der Waals surface area contributed by atoms with Gasteiger partial charge in [0.25, 0.3) is 0 Å². The van der Waals surface area contributed by atoms with Gasteiger partial charge in [-0.2, -0.15) is 13.2 Å². The molecule has 4 nitrogen and oxygen atoms in total. The zero-order valence-corrected chi connectivity index (χ0v) is 19.6. The fourth-order valence-corrected chi connectivity index (χ4v) is 4.97. The van der Waals surface area contributed by atoms with Crippen molar-refractivity contribution in [2.45, 2.75) is 36.1 Å². The van der Waals surface area contributed by atoms with E-state index >= 15 is 0 Å². The summed E-state index contributed by atoms with van der Waals surface area (Å²) in [6.07, 6.45) is -2.47. The molecule has 4 rings (SSSR count). The Labute approximate surface area is 201 Å². The normalized spacial score (nSPS) is 16.2. The van der Waals surface area contributed by atoms with Crippen LogP contribution in [0.1, 0.15) is 24.1 Å². The molecule has 1 aromatic heterocycles. The van der Waals surface area contributed by atoms with Crippen molar-refractivity contribution < 1.29 is 18.0 Å². The van der Waals surface area contributed by atoms with E-state index in [4.69, 9.17) is 4.98 Å². The van der Waals surface area contributed by atoms with E-state index in [2.05, 4.69) is 4.90 Å². The van der Waals surface area contributed by atoms with Crippen molar-refractivity contribution in [2.24, 2.45) is 0 Å². The fraction of sp³-hybridized carbons (Fsp3) is 0.308. The van der Waals surface area contributed by atoms with Crippen LogP contribution in [0.15, 0.2) is 83.9 Å². The smallest absolute Gasteiger partial charge is 0.299 e. The van der Waals surface area contributed by atoms with Gasteiger partial charge < -0.3 is 0 Å². The first-order valence-corrected chi connectivity index (χ1v) is 12.3. The Kier molecular flexibility index (Phi) is 7.28. The van der Waals surface area contributed by atoms with E-state index in [1.165, 1.54) is 11.8 Å². The van der Waals surface area contributed by atoms with E-state index in [1.54, 1.807) is 42.5 Å². The Bertz CT molecular complexity index is 1100. The molecule has 1 aliphatic rings. The molecule has 0 N–H and O–H groups in total. The predicted octanol–water partition coefficient (Wildman–Crippen LogP) is 5.89. The van der Waals surface area contributed by atoms with Gasteiger partial charge in [-0.05, 0) is 48.9 Å². The van der Waals surface area contributed by atoms with Gasteiger partial charge in [-0.3, -0.25) is 14.6 Å². The number of pyridine rings is 1. The minimum Gasteiger partial charge on any atom is -0.299 e. The summed E-state index contributed by atoms with van der Waals surface area (Å²) in [6.45, 7) is 1.77. The van der Waals surface area contributed by atoms with Crippen molar-refractivity contribution in [3.8, 4) is 0 Å². The molecule has 0 spiro atoms. The third kappa shape index (κ3) is 5.13. The van der Waals surface area contributed by atoms with Crippen molar-refractivity contribution in [1.82, 2.24) is 9.88 Å². The Morgan fingerprint density at radius 3 is 2.18 bits per heavy atom. The number of para-hydroxylation sites is 1. The molecule has 0 atom stereocenters. The van der Waals surface area contributed by atoms with Gasteiger partial charge in [0.1, 0.15) is 0 Å². The van der Waals surface area contributed by atoms with Gasteiger partial charge in [0.2, 0.25) is 0 Å². The molecule has 0 saturated carbocycles. The van der Waals surface area contributed by atoms with E-state index in [-0.39, 0.29) is 5.69 Å². The highest BCUT2D eigenvalue weighted by Crippen LogP contribution is 2.43. The monoisotopic (exact) mass is 485 g/mol. The summed E-state index contributed by atoms with van der Waals surface area (Å²) in [6, 6.07) is 23.5. The predicted molar refractivity (Wildman–Crippen MR) is 129 cm³/mol. The summed E-state index contributed by atoms with van der Waals surface area (Å²) in [5, 5.41) is 0.705. The van der Waals surface area contributed by atoms with E-state index in [9.17, 15) is 18.0 Å². The average molecular weight is 486 g/mol. The molecular formula is C26H26F3N3OS. The highest BCUT2D eigenvalue weighted by molar-refractivity contribution is 7.98. The van der Waals surface area contributed by atoms with Crippen molar-refractivity contribution in [2.75, 3.05) is 24.2 Å². The lowest BCUT2D eigenvalue weighted by atomic mass is 9.81. The number of nitrogens with zero attached hydrogens (tertiary/aromatic N) is 3. The number of likely N-dealkylation sites (tertiary alicyclic amines) is 1. The number of rotatable bonds is 6. The molecule has 0 bridgehead atoms. The summed E-state index contributed by atoms with van der Waals surface area (Å²) >= 11 is 1.42. The number of halogens is 3. The van der Waals surface area contributed by atoms with Crippen LogP contribution in [0.5, 0.6) is 0 Å². The maximum absolute atomic E-state index is 13.9. The summed E-state index contributed by atoms with van der Waals surface area (Å²) in [5.41, 5.74) is 0.633. The maximum Gasteiger partial charge on any atom is 0.471 e. The molecule has 1 aliphatic heterocycles. The van der Waals surface area contributed by atoms with Crippen LogP contribution >= 0.6 is 11.8 Å². The number of anilines is 1. The second-order valence-electron chi connectivity index (χ2n) is 8.33. The molecule has 34 heavy (non-hydrogen) atoms. The minimum absolute atomic E-state index is 0.220. The summed E-state index contributed by atoms with van der Waals surface area (Å²) in [4.78, 5) is 20.8. The van der Waals surface area contributed by atoms with Gasteiger partial charge in [-0.1, -0.05) is 54.6 Å². The van der Waals surface area contributed by atoms with Crippen LogP contribution in [0.2, 0.25) is 0 Å². The molecule has 3 aromatic rings. The number of thioether (sulfide) groups is 1. The van der Waals surface area contributed by atoms with Gasteiger partial charge >= 0.3 is 12.1 Å². The fourth-order valence-electron chi connectivity index (χ4n) is 4.57. The van der Waals surface area contributed by atoms with Crippen molar-refractivity contribution >= 4 is 23.4 Å². The van der Waals surface area contributed by atoms with Crippen molar-refractivity contribution in [3.05, 3.63) is 90.1 Å². The van der Waals surface area contributed by atoms with Gasteiger partial charge in [0.15, 0.2) is 0 Å². The number of hydrogen-bond donors (Lipinski definition) is 0. The molecular weight excluding hydrogens is 459 g/mol. The lowest BCUT2D eigenvalue weighted by Crippen LogP contribution is -2.59. The molecule has 2 aromatic carbocycles. The standard InChI is InChI=1S/C26H26F3N3OS/c1-34-23-14-8-13-22(30-23)25(15-17-31(18-16-25)19-20-9-4-2-5-10-20)32(24(33)26(27,28)29)21-11-6-3-7-12-21/h2-14H,15-19H2,1H3. The van der Waals surface area contributed by atoms with Crippen molar-refractivity contribution in [3.63, 3.8) is 0 Å². The molecule has 0 unspecified atom stereocenters. The third-order valence-corrected chi connectivity index (χ3v) is 6.88.